The normalized spacial score (nSPS) is 29.2. The number of ether oxygens (including phenoxy) is 1. The third-order valence-corrected chi connectivity index (χ3v) is 9.69. The van der Waals surface area contributed by atoms with Crippen LogP contribution in [-0.2, 0) is 25.6 Å². The lowest BCUT2D eigenvalue weighted by atomic mass is 9.68. The van der Waals surface area contributed by atoms with Gasteiger partial charge in [-0.3, -0.25) is 14.5 Å². The Morgan fingerprint density at radius 2 is 1.54 bits per heavy atom. The Morgan fingerprint density at radius 1 is 1.00 bits per heavy atom. The summed E-state index contributed by atoms with van der Waals surface area (Å²) in [5, 5.41) is 11.2. The summed E-state index contributed by atoms with van der Waals surface area (Å²) < 4.78 is 19.3. The molecule has 2 heterocycles. The molecule has 2 N–H and O–H groups in total. The van der Waals surface area contributed by atoms with Crippen LogP contribution < -0.4 is 10.1 Å². The first kappa shape index (κ1) is 23.6. The SMILES string of the molecule is O=C(COc1ccccc1)NC1(C(c2ccccc2)c2ccccc2)C(=O)N2[C@H]1[S+]([O-])C1CC12C(=O)O. The van der Waals surface area contributed by atoms with E-state index in [1.807, 2.05) is 66.7 Å². The molecule has 6 rings (SSSR count). The van der Waals surface area contributed by atoms with Crippen molar-refractivity contribution in [3.05, 3.63) is 102 Å². The van der Waals surface area contributed by atoms with E-state index in [9.17, 15) is 24.0 Å². The number of rotatable bonds is 8. The molecule has 8 nitrogen and oxygen atoms in total. The topological polar surface area (TPSA) is 119 Å². The molecule has 3 aromatic carbocycles. The van der Waals surface area contributed by atoms with Crippen molar-refractivity contribution in [2.24, 2.45) is 0 Å². The van der Waals surface area contributed by atoms with Crippen LogP contribution in [0.3, 0.4) is 0 Å². The third-order valence-electron chi connectivity index (χ3n) is 7.55. The van der Waals surface area contributed by atoms with Gasteiger partial charge in [-0.2, -0.15) is 0 Å². The largest absolute Gasteiger partial charge is 0.614 e. The number of carbonyl (C=O) groups is 3. The molecule has 2 saturated heterocycles. The Morgan fingerprint density at radius 3 is 2.08 bits per heavy atom. The van der Waals surface area contributed by atoms with Crippen LogP contribution in [-0.4, -0.2) is 60.7 Å². The van der Waals surface area contributed by atoms with Crippen LogP contribution in [0.15, 0.2) is 91.0 Å². The first-order valence-corrected chi connectivity index (χ1v) is 13.2. The maximum atomic E-state index is 14.1. The van der Waals surface area contributed by atoms with Crippen LogP contribution in [0, 0.1) is 0 Å². The van der Waals surface area contributed by atoms with Gasteiger partial charge in [0, 0.05) is 12.3 Å². The Bertz CT molecular complexity index is 1320. The van der Waals surface area contributed by atoms with E-state index in [0.29, 0.717) is 5.75 Å². The molecule has 1 saturated carbocycles. The summed E-state index contributed by atoms with van der Waals surface area (Å²) in [5.74, 6) is -2.47. The van der Waals surface area contributed by atoms with Gasteiger partial charge in [0.2, 0.25) is 5.37 Å². The molecule has 37 heavy (non-hydrogen) atoms. The van der Waals surface area contributed by atoms with Crippen molar-refractivity contribution in [3.8, 4) is 5.75 Å². The zero-order chi connectivity index (χ0) is 25.8. The molecule has 0 radical (unpaired) electrons. The van der Waals surface area contributed by atoms with Crippen LogP contribution in [0.25, 0.3) is 0 Å². The number of hydrogen-bond acceptors (Lipinski definition) is 5. The number of carboxylic acid groups (broad SMARTS) is 1. The Hall–Kier alpha value is -3.82. The standard InChI is InChI=1S/C28H24N2O6S/c31-22(17-36-20-14-8-3-9-15-20)29-28(23(18-10-4-1-5-11-18)19-12-6-2-7-13-19)24(32)30-25(28)37(35)21-16-27(21,30)26(33)34/h1-15,21,23,25H,16-17H2,(H,29,31)(H,33,34)/t21?,25-,27?,28?,37?/m0/s1. The van der Waals surface area contributed by atoms with Crippen molar-refractivity contribution in [2.75, 3.05) is 6.61 Å². The quantitative estimate of drug-likeness (QED) is 0.350. The number of hydrogen-bond donors (Lipinski definition) is 2. The molecule has 0 bridgehead atoms. The highest BCUT2D eigenvalue weighted by atomic mass is 32.2. The van der Waals surface area contributed by atoms with Crippen molar-refractivity contribution in [1.82, 2.24) is 10.2 Å². The number of carbonyl (C=O) groups excluding carboxylic acids is 2. The van der Waals surface area contributed by atoms with Crippen LogP contribution in [0.1, 0.15) is 23.5 Å². The first-order valence-electron chi connectivity index (χ1n) is 12.0. The average molecular weight is 517 g/mol. The highest BCUT2D eigenvalue weighted by Crippen LogP contribution is 2.65. The Labute approximate surface area is 216 Å². The second-order valence-corrected chi connectivity index (χ2v) is 11.2. The number of nitrogens with zero attached hydrogens (tertiary/aromatic N) is 1. The van der Waals surface area contributed by atoms with Gasteiger partial charge in [0.1, 0.15) is 5.75 Å². The van der Waals surface area contributed by atoms with E-state index >= 15 is 0 Å². The minimum atomic E-state index is -1.69. The highest BCUT2D eigenvalue weighted by molar-refractivity contribution is 7.93. The van der Waals surface area contributed by atoms with Crippen molar-refractivity contribution in [1.29, 1.82) is 0 Å². The molecular formula is C28H24N2O6S. The van der Waals surface area contributed by atoms with Gasteiger partial charge in [-0.15, -0.1) is 0 Å². The van der Waals surface area contributed by atoms with Crippen molar-refractivity contribution < 1.29 is 28.8 Å². The monoisotopic (exact) mass is 516 g/mol. The minimum Gasteiger partial charge on any atom is -0.614 e. The number of benzene rings is 3. The Kier molecular flexibility index (Phi) is 5.50. The van der Waals surface area contributed by atoms with E-state index in [2.05, 4.69) is 5.32 Å². The van der Waals surface area contributed by atoms with Gasteiger partial charge in [0.15, 0.2) is 22.9 Å². The van der Waals surface area contributed by atoms with Gasteiger partial charge in [0.25, 0.3) is 11.8 Å². The summed E-state index contributed by atoms with van der Waals surface area (Å²) in [6.45, 7) is -0.359. The molecule has 5 atom stereocenters. The second-order valence-electron chi connectivity index (χ2n) is 9.55. The molecule has 0 spiro atoms. The van der Waals surface area contributed by atoms with E-state index in [1.165, 1.54) is 4.90 Å². The molecule has 9 heteroatoms. The fourth-order valence-corrected chi connectivity index (χ4v) is 8.34. The van der Waals surface area contributed by atoms with E-state index < -0.39 is 56.6 Å². The summed E-state index contributed by atoms with van der Waals surface area (Å²) >= 11 is -1.69. The first-order chi connectivity index (χ1) is 17.9. The zero-order valence-corrected chi connectivity index (χ0v) is 20.5. The smallest absolute Gasteiger partial charge is 0.335 e. The fourth-order valence-electron chi connectivity index (χ4n) is 5.86. The minimum absolute atomic E-state index is 0.152. The molecule has 3 aromatic rings. The number of fused-ring (bicyclic) bond motifs is 3. The van der Waals surface area contributed by atoms with E-state index in [4.69, 9.17) is 4.74 Å². The molecule has 0 aromatic heterocycles. The number of amides is 2. The molecule has 2 amide bonds. The van der Waals surface area contributed by atoms with Crippen molar-refractivity contribution >= 4 is 29.0 Å². The lowest BCUT2D eigenvalue weighted by Gasteiger charge is -2.56. The van der Waals surface area contributed by atoms with Crippen LogP contribution >= 0.6 is 0 Å². The second kappa shape index (κ2) is 8.64. The van der Waals surface area contributed by atoms with Gasteiger partial charge in [0.05, 0.1) is 0 Å². The number of β-lactam (4-membered cyclic amide) rings is 1. The summed E-state index contributed by atoms with van der Waals surface area (Å²) in [6.07, 6.45) is 0.152. The zero-order valence-electron chi connectivity index (χ0n) is 19.7. The predicted octanol–water partition coefficient (Wildman–Crippen LogP) is 2.28. The van der Waals surface area contributed by atoms with Crippen molar-refractivity contribution in [2.45, 2.75) is 34.0 Å². The summed E-state index contributed by atoms with van der Waals surface area (Å²) in [7, 11) is 0. The van der Waals surface area contributed by atoms with Gasteiger partial charge >= 0.3 is 5.97 Å². The van der Waals surface area contributed by atoms with Gasteiger partial charge in [-0.05, 0) is 34.4 Å². The maximum Gasteiger partial charge on any atom is 0.335 e. The fraction of sp³-hybridized carbons (Fsp3) is 0.250. The predicted molar refractivity (Wildman–Crippen MR) is 135 cm³/mol. The molecule has 1 aliphatic carbocycles. The Balaban J connectivity index is 1.43. The number of carboxylic acids is 1. The molecule has 3 fully saturated rings. The van der Waals surface area contributed by atoms with Gasteiger partial charge < -0.3 is 19.7 Å². The maximum absolute atomic E-state index is 14.1. The molecule has 2 aliphatic heterocycles. The molecule has 188 valence electrons. The lowest BCUT2D eigenvalue weighted by Crippen LogP contribution is -2.84. The summed E-state index contributed by atoms with van der Waals surface area (Å²) in [4.78, 5) is 40.9. The average Bonchev–Trinajstić information content (AvgIpc) is 3.63. The van der Waals surface area contributed by atoms with Crippen LogP contribution in [0.4, 0.5) is 0 Å². The number of aliphatic carboxylic acids is 1. The molecule has 3 aliphatic rings. The lowest BCUT2D eigenvalue weighted by molar-refractivity contribution is -0.172. The highest BCUT2D eigenvalue weighted by Gasteiger charge is 2.91. The number of nitrogens with one attached hydrogen (secondary N) is 1. The van der Waals surface area contributed by atoms with E-state index in [0.717, 1.165) is 11.1 Å². The van der Waals surface area contributed by atoms with E-state index in [-0.39, 0.29) is 13.0 Å². The molecule has 4 unspecified atom stereocenters. The third kappa shape index (κ3) is 3.38. The molecular weight excluding hydrogens is 492 g/mol. The van der Waals surface area contributed by atoms with Crippen LogP contribution in [0.2, 0.25) is 0 Å². The van der Waals surface area contributed by atoms with Crippen LogP contribution in [0.5, 0.6) is 5.75 Å². The van der Waals surface area contributed by atoms with Crippen molar-refractivity contribution in [3.63, 3.8) is 0 Å². The number of para-hydroxylation sites is 1. The summed E-state index contributed by atoms with van der Waals surface area (Å²) in [6, 6.07) is 27.3. The summed E-state index contributed by atoms with van der Waals surface area (Å²) in [5.41, 5.74) is -1.62. The van der Waals surface area contributed by atoms with Gasteiger partial charge in [-0.25, -0.2) is 4.79 Å². The van der Waals surface area contributed by atoms with E-state index in [1.54, 1.807) is 24.3 Å². The van der Waals surface area contributed by atoms with Gasteiger partial charge in [-0.1, -0.05) is 78.9 Å².